The molecule has 0 aliphatic carbocycles. The predicted molar refractivity (Wildman–Crippen MR) is 122 cm³/mol. The van der Waals surface area contributed by atoms with Crippen molar-refractivity contribution >= 4 is 11.0 Å². The molecule has 166 valence electrons. The Balaban J connectivity index is 1.90. The molecule has 1 aromatic carbocycles. The summed E-state index contributed by atoms with van der Waals surface area (Å²) in [6.07, 6.45) is 16.1. The molecule has 0 spiro atoms. The molecule has 5 heteroatoms. The van der Waals surface area contributed by atoms with E-state index in [0.29, 0.717) is 17.7 Å². The van der Waals surface area contributed by atoms with Gasteiger partial charge in [-0.25, -0.2) is 4.79 Å². The normalized spacial score (nSPS) is 11.4. The fraction of sp³-hybridized carbons (Fsp3) is 0.560. The molecular weight excluding hydrogens is 380 g/mol. The molecule has 0 saturated heterocycles. The van der Waals surface area contributed by atoms with Crippen LogP contribution >= 0.6 is 0 Å². The third-order valence-corrected chi connectivity index (χ3v) is 5.08. The topological polar surface area (TPSA) is 68.9 Å². The largest absolute Gasteiger partial charge is 0.504 e. The van der Waals surface area contributed by atoms with Crippen molar-refractivity contribution in [1.82, 2.24) is 0 Å². The molecule has 0 atom stereocenters. The Morgan fingerprint density at radius 2 is 1.67 bits per heavy atom. The number of ether oxygens (including phenoxy) is 2. The lowest BCUT2D eigenvalue weighted by Crippen LogP contribution is -2.04. The Morgan fingerprint density at radius 3 is 2.43 bits per heavy atom. The molecule has 2 rings (SSSR count). The van der Waals surface area contributed by atoms with E-state index in [0.717, 1.165) is 25.7 Å². The van der Waals surface area contributed by atoms with Gasteiger partial charge < -0.3 is 19.0 Å². The van der Waals surface area contributed by atoms with Crippen molar-refractivity contribution in [2.24, 2.45) is 0 Å². The van der Waals surface area contributed by atoms with Gasteiger partial charge in [0.05, 0.1) is 18.3 Å². The molecule has 1 aromatic heterocycles. The smallest absolute Gasteiger partial charge is 0.383 e. The Kier molecular flexibility index (Phi) is 10.9. The van der Waals surface area contributed by atoms with E-state index in [4.69, 9.17) is 13.9 Å². The van der Waals surface area contributed by atoms with Crippen LogP contribution in [-0.2, 0) is 0 Å². The quantitative estimate of drug-likeness (QED) is 0.190. The Morgan fingerprint density at radius 1 is 0.967 bits per heavy atom. The zero-order valence-corrected chi connectivity index (χ0v) is 18.5. The summed E-state index contributed by atoms with van der Waals surface area (Å²) in [6.45, 7) is 5.00. The summed E-state index contributed by atoms with van der Waals surface area (Å²) in [5.74, 6) is 0.226. The van der Waals surface area contributed by atoms with Crippen molar-refractivity contribution in [2.75, 3.05) is 6.61 Å². The van der Waals surface area contributed by atoms with Crippen LogP contribution in [-0.4, -0.2) is 11.7 Å². The van der Waals surface area contributed by atoms with Crippen molar-refractivity contribution in [3.05, 3.63) is 41.0 Å². The summed E-state index contributed by atoms with van der Waals surface area (Å²) in [6, 6.07) is 5.08. The summed E-state index contributed by atoms with van der Waals surface area (Å²) in [5.41, 5.74) is -0.420. The molecule has 1 N–H and O–H groups in total. The van der Waals surface area contributed by atoms with E-state index in [-0.39, 0.29) is 17.1 Å². The molecule has 2 aromatic rings. The first-order valence-electron chi connectivity index (χ1n) is 11.4. The van der Waals surface area contributed by atoms with E-state index in [1.54, 1.807) is 18.2 Å². The second-order valence-electron chi connectivity index (χ2n) is 7.68. The van der Waals surface area contributed by atoms with Gasteiger partial charge in [0.2, 0.25) is 0 Å². The SMILES string of the molecule is CCCCCCCC/C=C/Oc1c(O)c2ccc(OCCCCCC)cc2oc1=O. The molecule has 0 aliphatic heterocycles. The lowest BCUT2D eigenvalue weighted by Gasteiger charge is -2.08. The molecule has 0 radical (unpaired) electrons. The maximum atomic E-state index is 12.2. The number of hydrogen-bond donors (Lipinski definition) is 1. The van der Waals surface area contributed by atoms with Gasteiger partial charge in [-0.2, -0.15) is 0 Å². The van der Waals surface area contributed by atoms with Crippen LogP contribution in [0.4, 0.5) is 0 Å². The molecule has 30 heavy (non-hydrogen) atoms. The third-order valence-electron chi connectivity index (χ3n) is 5.08. The van der Waals surface area contributed by atoms with Gasteiger partial charge in [0.1, 0.15) is 11.3 Å². The minimum absolute atomic E-state index is 0.185. The van der Waals surface area contributed by atoms with E-state index >= 15 is 0 Å². The Hall–Kier alpha value is -2.43. The first-order chi connectivity index (χ1) is 14.7. The monoisotopic (exact) mass is 416 g/mol. The zero-order chi connectivity index (χ0) is 21.6. The second-order valence-corrected chi connectivity index (χ2v) is 7.68. The van der Waals surface area contributed by atoms with Crippen LogP contribution in [0.5, 0.6) is 17.2 Å². The van der Waals surface area contributed by atoms with E-state index in [1.165, 1.54) is 51.2 Å². The van der Waals surface area contributed by atoms with Crippen LogP contribution in [0, 0.1) is 0 Å². The summed E-state index contributed by atoms with van der Waals surface area (Å²) in [7, 11) is 0. The molecule has 0 bridgehead atoms. The van der Waals surface area contributed by atoms with Gasteiger partial charge in [0.15, 0.2) is 5.75 Å². The highest BCUT2D eigenvalue weighted by molar-refractivity contribution is 5.86. The average molecular weight is 417 g/mol. The Labute approximate surface area is 179 Å². The molecule has 0 unspecified atom stereocenters. The van der Waals surface area contributed by atoms with Crippen molar-refractivity contribution in [3.8, 4) is 17.2 Å². The minimum atomic E-state index is -0.704. The molecular formula is C25H36O5. The van der Waals surface area contributed by atoms with E-state index < -0.39 is 5.63 Å². The minimum Gasteiger partial charge on any atom is -0.504 e. The zero-order valence-electron chi connectivity index (χ0n) is 18.5. The fourth-order valence-corrected chi connectivity index (χ4v) is 3.29. The van der Waals surface area contributed by atoms with Crippen LogP contribution in [0.2, 0.25) is 0 Å². The Bertz CT molecular complexity index is 837. The number of unbranched alkanes of at least 4 members (excludes halogenated alkanes) is 9. The fourth-order valence-electron chi connectivity index (χ4n) is 3.29. The highest BCUT2D eigenvalue weighted by Gasteiger charge is 2.15. The molecule has 5 nitrogen and oxygen atoms in total. The van der Waals surface area contributed by atoms with Gasteiger partial charge in [0, 0.05) is 6.07 Å². The standard InChI is InChI=1S/C25H36O5/c1-3-5-7-9-10-11-12-14-18-29-24-23(26)21-16-15-20(19-22(21)30-25(24)27)28-17-13-8-6-4-2/h14-16,18-19,26H,3-13,17H2,1-2H3/b18-14+. The van der Waals surface area contributed by atoms with Crippen LogP contribution in [0.1, 0.15) is 84.5 Å². The van der Waals surface area contributed by atoms with Gasteiger partial charge >= 0.3 is 5.63 Å². The average Bonchev–Trinajstić information content (AvgIpc) is 2.74. The van der Waals surface area contributed by atoms with Crippen LogP contribution in [0.25, 0.3) is 11.0 Å². The highest BCUT2D eigenvalue weighted by atomic mass is 16.5. The molecule has 1 heterocycles. The lowest BCUT2D eigenvalue weighted by molar-refractivity contribution is 0.305. The number of aromatic hydroxyl groups is 1. The number of rotatable bonds is 15. The van der Waals surface area contributed by atoms with Gasteiger partial charge in [-0.1, -0.05) is 65.2 Å². The maximum absolute atomic E-state index is 12.2. The van der Waals surface area contributed by atoms with Crippen LogP contribution in [0.15, 0.2) is 39.7 Å². The van der Waals surface area contributed by atoms with Gasteiger partial charge in [-0.05, 0) is 37.5 Å². The van der Waals surface area contributed by atoms with Crippen molar-refractivity contribution in [1.29, 1.82) is 0 Å². The number of fused-ring (bicyclic) bond motifs is 1. The predicted octanol–water partition coefficient (Wildman–Crippen LogP) is 7.10. The van der Waals surface area contributed by atoms with E-state index in [1.807, 2.05) is 6.08 Å². The van der Waals surface area contributed by atoms with Crippen molar-refractivity contribution < 1.29 is 19.0 Å². The summed E-state index contributed by atoms with van der Waals surface area (Å²) < 4.78 is 16.4. The van der Waals surface area contributed by atoms with E-state index in [2.05, 4.69) is 13.8 Å². The first-order valence-corrected chi connectivity index (χ1v) is 11.4. The highest BCUT2D eigenvalue weighted by Crippen LogP contribution is 2.33. The van der Waals surface area contributed by atoms with Gasteiger partial charge in [-0.3, -0.25) is 0 Å². The van der Waals surface area contributed by atoms with Crippen LogP contribution < -0.4 is 15.1 Å². The van der Waals surface area contributed by atoms with Gasteiger partial charge in [-0.15, -0.1) is 0 Å². The van der Waals surface area contributed by atoms with Crippen LogP contribution in [0.3, 0.4) is 0 Å². The summed E-state index contributed by atoms with van der Waals surface area (Å²) in [4.78, 5) is 12.2. The maximum Gasteiger partial charge on any atom is 0.383 e. The number of allylic oxidation sites excluding steroid dienone is 1. The third kappa shape index (κ3) is 7.77. The van der Waals surface area contributed by atoms with Crippen molar-refractivity contribution in [2.45, 2.75) is 84.5 Å². The second kappa shape index (κ2) is 13.7. The summed E-state index contributed by atoms with van der Waals surface area (Å²) in [5, 5.41) is 10.9. The lowest BCUT2D eigenvalue weighted by atomic mass is 10.1. The number of hydrogen-bond acceptors (Lipinski definition) is 5. The number of benzene rings is 1. The van der Waals surface area contributed by atoms with Gasteiger partial charge in [0.25, 0.3) is 5.75 Å². The molecule has 0 fully saturated rings. The molecule has 0 aliphatic rings. The van der Waals surface area contributed by atoms with Crippen molar-refractivity contribution in [3.63, 3.8) is 0 Å². The summed E-state index contributed by atoms with van der Waals surface area (Å²) >= 11 is 0. The van der Waals surface area contributed by atoms with E-state index in [9.17, 15) is 9.90 Å². The first kappa shape index (κ1) is 23.8. The molecule has 0 amide bonds. The molecule has 0 saturated carbocycles.